The molecule has 9 heteroatoms. The van der Waals surface area contributed by atoms with Crippen molar-refractivity contribution < 1.29 is 19.1 Å². The first kappa shape index (κ1) is 28.5. The molecule has 2 fully saturated rings. The molecule has 2 N–H and O–H groups in total. The Morgan fingerprint density at radius 2 is 1.80 bits per heavy atom. The van der Waals surface area contributed by atoms with Gasteiger partial charge in [-0.1, -0.05) is 62.0 Å². The summed E-state index contributed by atoms with van der Waals surface area (Å²) in [5.41, 5.74) is 1.15. The van der Waals surface area contributed by atoms with Gasteiger partial charge in [0.2, 0.25) is 11.8 Å². The number of anilines is 1. The summed E-state index contributed by atoms with van der Waals surface area (Å²) >= 11 is 12.3. The zero-order valence-corrected chi connectivity index (χ0v) is 24.7. The number of carbonyl (C=O) groups is 3. The molecule has 40 heavy (non-hydrogen) atoms. The first-order valence-corrected chi connectivity index (χ1v) is 14.5. The van der Waals surface area contributed by atoms with Crippen LogP contribution in [-0.4, -0.2) is 40.3 Å². The number of halogens is 2. The van der Waals surface area contributed by atoms with Gasteiger partial charge in [-0.3, -0.25) is 14.4 Å². The number of fused-ring (bicyclic) bond motifs is 1. The molecule has 2 aliphatic heterocycles. The Morgan fingerprint density at radius 1 is 1.07 bits per heavy atom. The molecule has 0 radical (unpaired) electrons. The normalized spacial score (nSPS) is 29.4. The molecule has 7 nitrogen and oxygen atoms in total. The highest BCUT2D eigenvalue weighted by Gasteiger charge is 2.65. The molecule has 212 valence electrons. The maximum Gasteiger partial charge on any atom is 0.255 e. The quantitative estimate of drug-likeness (QED) is 0.444. The largest absolute Gasteiger partial charge is 0.491 e. The molecule has 1 aliphatic carbocycles. The predicted octanol–water partition coefficient (Wildman–Crippen LogP) is 5.88. The molecule has 6 unspecified atom stereocenters. The molecule has 1 saturated heterocycles. The van der Waals surface area contributed by atoms with Crippen LogP contribution in [0, 0.1) is 24.7 Å². The van der Waals surface area contributed by atoms with Gasteiger partial charge in [0.1, 0.15) is 5.92 Å². The van der Waals surface area contributed by atoms with Crippen molar-refractivity contribution in [3.63, 3.8) is 0 Å². The fourth-order valence-electron chi connectivity index (χ4n) is 6.44. The summed E-state index contributed by atoms with van der Waals surface area (Å²) < 4.78 is 6.12. The average molecular weight is 585 g/mol. The van der Waals surface area contributed by atoms with Gasteiger partial charge in [-0.15, -0.1) is 0 Å². The van der Waals surface area contributed by atoms with E-state index in [1.54, 1.807) is 42.2 Å². The number of likely N-dealkylation sites (tertiary alicyclic amines) is 1. The molecule has 0 bridgehead atoms. The summed E-state index contributed by atoms with van der Waals surface area (Å²) in [5, 5.41) is 7.17. The molecule has 2 aromatic carbocycles. The maximum absolute atomic E-state index is 14.1. The van der Waals surface area contributed by atoms with E-state index >= 15 is 0 Å². The lowest BCUT2D eigenvalue weighted by atomic mass is 9.77. The van der Waals surface area contributed by atoms with Crippen LogP contribution in [0.1, 0.15) is 51.2 Å². The van der Waals surface area contributed by atoms with E-state index in [9.17, 15) is 14.4 Å². The van der Waals surface area contributed by atoms with Gasteiger partial charge in [0, 0.05) is 28.3 Å². The van der Waals surface area contributed by atoms with Crippen LogP contribution in [-0.2, 0) is 25.7 Å². The monoisotopic (exact) mass is 583 g/mol. The predicted molar refractivity (Wildman–Crippen MR) is 156 cm³/mol. The third kappa shape index (κ3) is 5.34. The van der Waals surface area contributed by atoms with E-state index in [1.165, 1.54) is 6.26 Å². The van der Waals surface area contributed by atoms with Crippen LogP contribution in [0.25, 0.3) is 0 Å². The van der Waals surface area contributed by atoms with Crippen molar-refractivity contribution in [1.29, 1.82) is 0 Å². The minimum Gasteiger partial charge on any atom is -0.491 e. The average Bonchev–Trinajstić information content (AvgIpc) is 3.33. The number of rotatable bonds is 6. The van der Waals surface area contributed by atoms with E-state index in [1.807, 2.05) is 19.1 Å². The van der Waals surface area contributed by atoms with E-state index in [0.29, 0.717) is 27.6 Å². The Kier molecular flexibility index (Phi) is 7.90. The van der Waals surface area contributed by atoms with Crippen LogP contribution < -0.4 is 10.6 Å². The number of nitrogens with zero attached hydrogens (tertiary/aromatic N) is 1. The van der Waals surface area contributed by atoms with Crippen LogP contribution in [0.5, 0.6) is 0 Å². The second kappa shape index (κ2) is 11.1. The van der Waals surface area contributed by atoms with E-state index in [-0.39, 0.29) is 30.0 Å². The lowest BCUT2D eigenvalue weighted by molar-refractivity contribution is -0.139. The zero-order valence-electron chi connectivity index (χ0n) is 23.2. The van der Waals surface area contributed by atoms with Crippen molar-refractivity contribution in [2.75, 3.05) is 5.32 Å². The smallest absolute Gasteiger partial charge is 0.255 e. The lowest BCUT2D eigenvalue weighted by Crippen LogP contribution is -2.57. The van der Waals surface area contributed by atoms with Gasteiger partial charge >= 0.3 is 0 Å². The van der Waals surface area contributed by atoms with E-state index in [4.69, 9.17) is 27.9 Å². The van der Waals surface area contributed by atoms with Gasteiger partial charge in [-0.25, -0.2) is 0 Å². The second-order valence-electron chi connectivity index (χ2n) is 11.7. The second-order valence-corrected chi connectivity index (χ2v) is 12.5. The number of amides is 3. The highest BCUT2D eigenvalue weighted by Crippen LogP contribution is 2.47. The topological polar surface area (TPSA) is 87.7 Å². The van der Waals surface area contributed by atoms with Gasteiger partial charge in [-0.05, 0) is 73.6 Å². The van der Waals surface area contributed by atoms with Gasteiger partial charge in [0.05, 0.1) is 11.8 Å². The number of benzene rings is 2. The molecule has 6 atom stereocenters. The molecular weight excluding hydrogens is 549 g/mol. The summed E-state index contributed by atoms with van der Waals surface area (Å²) in [7, 11) is 0. The minimum atomic E-state index is -1.26. The van der Waals surface area contributed by atoms with Gasteiger partial charge in [-0.2, -0.15) is 0 Å². The maximum atomic E-state index is 14.1. The van der Waals surface area contributed by atoms with Crippen molar-refractivity contribution in [3.05, 3.63) is 75.5 Å². The Morgan fingerprint density at radius 3 is 2.50 bits per heavy atom. The van der Waals surface area contributed by atoms with Crippen LogP contribution in [0.4, 0.5) is 5.69 Å². The number of hydrogen-bond donors (Lipinski definition) is 2. The Labute approximate surface area is 245 Å². The van der Waals surface area contributed by atoms with Gasteiger partial charge in [0.15, 0.2) is 11.6 Å². The molecular formula is C31H35Cl2N3O4. The van der Waals surface area contributed by atoms with E-state index < -0.39 is 23.5 Å². The minimum absolute atomic E-state index is 0.00887. The summed E-state index contributed by atoms with van der Waals surface area (Å²) in [6.45, 7) is 8.18. The number of nitrogens with one attached hydrogen (secondary N) is 2. The summed E-state index contributed by atoms with van der Waals surface area (Å²) in [6, 6.07) is 11.5. The standard InChI is InChI=1S/C31H35Cl2N3O4/c1-17-12-22(33)14-23(13-17)34-28(37)24-16-40-31(4)26(24)30(39)36(15-20-8-10-21(32)11-9-20)27(31)29(38)35-25-7-5-6-18(2)19(25)3/h8-14,16,18-19,25-27H,5-7,15H2,1-4H3,(H,34,37)(H,35,38). The first-order chi connectivity index (χ1) is 19.0. The molecule has 2 heterocycles. The van der Waals surface area contributed by atoms with Gasteiger partial charge < -0.3 is 20.3 Å². The summed E-state index contributed by atoms with van der Waals surface area (Å²) in [6.07, 6.45) is 4.40. The van der Waals surface area contributed by atoms with E-state index in [2.05, 4.69) is 24.5 Å². The van der Waals surface area contributed by atoms with Crippen molar-refractivity contribution in [1.82, 2.24) is 10.2 Å². The fraction of sp³-hybridized carbons (Fsp3) is 0.452. The lowest BCUT2D eigenvalue weighted by Gasteiger charge is -2.38. The van der Waals surface area contributed by atoms with Crippen LogP contribution in [0.15, 0.2) is 54.3 Å². The Bertz CT molecular complexity index is 1340. The molecule has 3 aliphatic rings. The molecule has 0 spiro atoms. The van der Waals surface area contributed by atoms with Crippen molar-refractivity contribution in [2.45, 2.75) is 71.2 Å². The number of ether oxygens (including phenoxy) is 1. The summed E-state index contributed by atoms with van der Waals surface area (Å²) in [4.78, 5) is 43.1. The highest BCUT2D eigenvalue weighted by atomic mass is 35.5. The molecule has 5 rings (SSSR count). The van der Waals surface area contributed by atoms with Crippen molar-refractivity contribution in [2.24, 2.45) is 17.8 Å². The number of hydrogen-bond acceptors (Lipinski definition) is 4. The van der Waals surface area contributed by atoms with Crippen LogP contribution in [0.3, 0.4) is 0 Å². The third-order valence-electron chi connectivity index (χ3n) is 8.82. The zero-order chi connectivity index (χ0) is 28.8. The first-order valence-electron chi connectivity index (χ1n) is 13.8. The van der Waals surface area contributed by atoms with Gasteiger partial charge in [0.25, 0.3) is 5.91 Å². The van der Waals surface area contributed by atoms with E-state index in [0.717, 1.165) is 30.4 Å². The third-order valence-corrected chi connectivity index (χ3v) is 9.29. The van der Waals surface area contributed by atoms with Crippen molar-refractivity contribution >= 4 is 46.6 Å². The molecule has 0 aromatic heterocycles. The van der Waals surface area contributed by atoms with Crippen LogP contribution in [0.2, 0.25) is 10.0 Å². The number of carbonyl (C=O) groups excluding carboxylic acids is 3. The molecule has 3 amide bonds. The summed E-state index contributed by atoms with van der Waals surface area (Å²) in [5.74, 6) is -1.20. The fourth-order valence-corrected chi connectivity index (χ4v) is 6.86. The van der Waals surface area contributed by atoms with Crippen LogP contribution >= 0.6 is 23.2 Å². The molecule has 2 aromatic rings. The van der Waals surface area contributed by atoms with Crippen molar-refractivity contribution in [3.8, 4) is 0 Å². The SMILES string of the molecule is Cc1cc(Cl)cc(NC(=O)C2=COC3(C)C2C(=O)N(Cc2ccc(Cl)cc2)C3C(=O)NC2CCCC(C)C2C)c1. The molecule has 1 saturated carbocycles. The highest BCUT2D eigenvalue weighted by molar-refractivity contribution is 6.31. The number of aryl methyl sites for hydroxylation is 1. The Balaban J connectivity index is 1.44. The Hall–Kier alpha value is -3.03.